The van der Waals surface area contributed by atoms with Crippen LogP contribution >= 0.6 is 0 Å². The molecule has 0 aliphatic carbocycles. The van der Waals surface area contributed by atoms with E-state index in [4.69, 9.17) is 14.5 Å². The van der Waals surface area contributed by atoms with Crippen molar-refractivity contribution in [2.75, 3.05) is 7.11 Å². The Balaban J connectivity index is 1.28. The summed E-state index contributed by atoms with van der Waals surface area (Å²) >= 11 is 0. The van der Waals surface area contributed by atoms with E-state index in [1.54, 1.807) is 13.3 Å². The van der Waals surface area contributed by atoms with Crippen molar-refractivity contribution in [1.29, 1.82) is 0 Å². The monoisotopic (exact) mass is 466 g/mol. The second kappa shape index (κ2) is 8.54. The molecule has 0 N–H and O–H groups in total. The smallest absolute Gasteiger partial charge is 0.165 e. The lowest BCUT2D eigenvalue weighted by Crippen LogP contribution is -2.16. The lowest BCUT2D eigenvalue weighted by Gasteiger charge is -2.28. The van der Waals surface area contributed by atoms with Crippen molar-refractivity contribution >= 4 is 11.2 Å². The van der Waals surface area contributed by atoms with Crippen molar-refractivity contribution in [1.82, 2.24) is 29.1 Å². The number of hydrogen-bond acceptors (Lipinski definition) is 6. The van der Waals surface area contributed by atoms with Gasteiger partial charge in [0, 0.05) is 29.8 Å². The Morgan fingerprint density at radius 2 is 1.97 bits per heavy atom. The van der Waals surface area contributed by atoms with E-state index in [0.29, 0.717) is 6.54 Å². The number of hydrogen-bond donors (Lipinski definition) is 0. The van der Waals surface area contributed by atoms with E-state index in [-0.39, 0.29) is 6.10 Å². The van der Waals surface area contributed by atoms with Gasteiger partial charge in [0.25, 0.3) is 0 Å². The van der Waals surface area contributed by atoms with Crippen molar-refractivity contribution in [3.8, 4) is 17.2 Å². The summed E-state index contributed by atoms with van der Waals surface area (Å²) in [5.41, 5.74) is 7.00. The molecule has 0 spiro atoms. The number of pyridine rings is 2. The number of aromatic nitrogens is 6. The van der Waals surface area contributed by atoms with Crippen LogP contribution in [0.15, 0.2) is 61.4 Å². The number of nitrogens with zero attached hydrogens (tertiary/aromatic N) is 6. The number of aryl methyl sites for hydroxylation is 3. The topological polar surface area (TPSA) is 79.9 Å². The molecule has 0 saturated carbocycles. The zero-order chi connectivity index (χ0) is 23.9. The first kappa shape index (κ1) is 21.3. The Labute approximate surface area is 203 Å². The molecule has 0 radical (unpaired) electrons. The number of ether oxygens (including phenoxy) is 2. The SMILES string of the molecule is COc1cc(Cn2cnc3cc(-n4ccnc4C)cnc32)cc2c1OC(c1ccc(C)nc1)CC2. The molecule has 6 rings (SSSR count). The fourth-order valence-electron chi connectivity index (χ4n) is 4.71. The van der Waals surface area contributed by atoms with E-state index in [2.05, 4.69) is 31.7 Å². The van der Waals surface area contributed by atoms with Gasteiger partial charge in [-0.3, -0.25) is 4.98 Å². The summed E-state index contributed by atoms with van der Waals surface area (Å²) in [5, 5.41) is 0. The normalized spacial score (nSPS) is 15.1. The van der Waals surface area contributed by atoms with E-state index in [0.717, 1.165) is 69.4 Å². The summed E-state index contributed by atoms with van der Waals surface area (Å²) in [6.07, 6.45) is 11.1. The van der Waals surface area contributed by atoms with Crippen LogP contribution in [-0.2, 0) is 13.0 Å². The van der Waals surface area contributed by atoms with Crippen LogP contribution in [0.4, 0.5) is 0 Å². The van der Waals surface area contributed by atoms with Crippen molar-refractivity contribution in [3.05, 3.63) is 89.7 Å². The highest BCUT2D eigenvalue weighted by molar-refractivity contribution is 5.73. The van der Waals surface area contributed by atoms with Gasteiger partial charge < -0.3 is 18.6 Å². The van der Waals surface area contributed by atoms with Crippen molar-refractivity contribution in [2.45, 2.75) is 39.3 Å². The number of fused-ring (bicyclic) bond motifs is 2. The van der Waals surface area contributed by atoms with Crippen molar-refractivity contribution in [2.24, 2.45) is 0 Å². The first-order chi connectivity index (χ1) is 17.1. The predicted octanol–water partition coefficient (Wildman–Crippen LogP) is 4.75. The zero-order valence-corrected chi connectivity index (χ0v) is 20.0. The molecule has 1 unspecified atom stereocenters. The highest BCUT2D eigenvalue weighted by Gasteiger charge is 2.25. The molecule has 1 aliphatic rings. The quantitative estimate of drug-likeness (QED) is 0.372. The average Bonchev–Trinajstić information content (AvgIpc) is 3.49. The van der Waals surface area contributed by atoms with Gasteiger partial charge in [0.2, 0.25) is 0 Å². The fourth-order valence-corrected chi connectivity index (χ4v) is 4.71. The van der Waals surface area contributed by atoms with Crippen LogP contribution in [0.1, 0.15) is 40.7 Å². The third-order valence-corrected chi connectivity index (χ3v) is 6.55. The summed E-state index contributed by atoms with van der Waals surface area (Å²) in [7, 11) is 1.69. The maximum absolute atomic E-state index is 6.39. The highest BCUT2D eigenvalue weighted by atomic mass is 16.5. The molecule has 1 aromatic carbocycles. The van der Waals surface area contributed by atoms with Crippen LogP contribution in [0, 0.1) is 13.8 Å². The summed E-state index contributed by atoms with van der Waals surface area (Å²) in [4.78, 5) is 18.0. The van der Waals surface area contributed by atoms with Crippen LogP contribution in [0.25, 0.3) is 16.9 Å². The average molecular weight is 467 g/mol. The minimum atomic E-state index is -0.0227. The summed E-state index contributed by atoms with van der Waals surface area (Å²) < 4.78 is 16.2. The van der Waals surface area contributed by atoms with Crippen LogP contribution in [0.5, 0.6) is 11.5 Å². The van der Waals surface area contributed by atoms with Gasteiger partial charge in [-0.25, -0.2) is 15.0 Å². The van der Waals surface area contributed by atoms with E-state index < -0.39 is 0 Å². The molecular formula is C27H26N6O2. The molecule has 5 heterocycles. The van der Waals surface area contributed by atoms with Crippen LogP contribution in [0.2, 0.25) is 0 Å². The molecule has 5 aromatic rings. The Morgan fingerprint density at radius 3 is 2.74 bits per heavy atom. The third-order valence-electron chi connectivity index (χ3n) is 6.55. The van der Waals surface area contributed by atoms with Crippen LogP contribution in [-0.4, -0.2) is 36.2 Å². The van der Waals surface area contributed by atoms with E-state index in [9.17, 15) is 0 Å². The van der Waals surface area contributed by atoms with Gasteiger partial charge in [-0.2, -0.15) is 0 Å². The molecule has 0 saturated heterocycles. The molecular weight excluding hydrogens is 440 g/mol. The molecule has 176 valence electrons. The van der Waals surface area contributed by atoms with Gasteiger partial charge in [0.15, 0.2) is 17.1 Å². The Bertz CT molecular complexity index is 1500. The zero-order valence-electron chi connectivity index (χ0n) is 20.0. The molecule has 8 nitrogen and oxygen atoms in total. The van der Waals surface area contributed by atoms with Crippen LogP contribution < -0.4 is 9.47 Å². The lowest BCUT2D eigenvalue weighted by atomic mass is 9.96. The van der Waals surface area contributed by atoms with Gasteiger partial charge in [0.05, 0.1) is 31.9 Å². The number of imidazole rings is 2. The van der Waals surface area contributed by atoms with Gasteiger partial charge in [-0.1, -0.05) is 12.1 Å². The van der Waals surface area contributed by atoms with Gasteiger partial charge in [0.1, 0.15) is 17.4 Å². The standard InChI is InChI=1S/C27H26N6O2/c1-17-4-5-21(13-29-17)24-7-6-20-10-19(11-25(34-3)26(20)35-24)15-32-16-31-23-12-22(14-30-27(23)32)33-9-8-28-18(33)2/h4-5,8-14,16,24H,6-7,15H2,1-3H3. The number of methoxy groups -OCH3 is 1. The fraction of sp³-hybridized carbons (Fsp3) is 0.259. The van der Waals surface area contributed by atoms with Crippen molar-refractivity contribution in [3.63, 3.8) is 0 Å². The maximum Gasteiger partial charge on any atom is 0.165 e. The largest absolute Gasteiger partial charge is 0.493 e. The minimum absolute atomic E-state index is 0.0227. The predicted molar refractivity (Wildman–Crippen MR) is 132 cm³/mol. The Morgan fingerprint density at radius 1 is 1.06 bits per heavy atom. The van der Waals surface area contributed by atoms with E-state index in [1.807, 2.05) is 61.5 Å². The maximum atomic E-state index is 6.39. The van der Waals surface area contributed by atoms with Gasteiger partial charge in [-0.15, -0.1) is 0 Å². The molecule has 8 heteroatoms. The van der Waals surface area contributed by atoms with E-state index >= 15 is 0 Å². The third kappa shape index (κ3) is 3.90. The Kier molecular flexibility index (Phi) is 5.21. The molecule has 1 aliphatic heterocycles. The summed E-state index contributed by atoms with van der Waals surface area (Å²) in [5.74, 6) is 2.48. The van der Waals surface area contributed by atoms with E-state index in [1.165, 1.54) is 0 Å². The lowest BCUT2D eigenvalue weighted by molar-refractivity contribution is 0.168. The number of rotatable bonds is 5. The highest BCUT2D eigenvalue weighted by Crippen LogP contribution is 2.42. The molecule has 35 heavy (non-hydrogen) atoms. The molecule has 4 aromatic heterocycles. The minimum Gasteiger partial charge on any atom is -0.493 e. The molecule has 1 atom stereocenters. The number of benzene rings is 1. The van der Waals surface area contributed by atoms with Gasteiger partial charge in [-0.05, 0) is 56.0 Å². The first-order valence-electron chi connectivity index (χ1n) is 11.7. The molecule has 0 amide bonds. The van der Waals surface area contributed by atoms with Crippen LogP contribution in [0.3, 0.4) is 0 Å². The van der Waals surface area contributed by atoms with Gasteiger partial charge >= 0.3 is 0 Å². The molecule has 0 bridgehead atoms. The first-order valence-corrected chi connectivity index (χ1v) is 11.7. The Hall–Kier alpha value is -4.20. The second-order valence-corrected chi connectivity index (χ2v) is 8.92. The van der Waals surface area contributed by atoms with Crippen molar-refractivity contribution < 1.29 is 9.47 Å². The summed E-state index contributed by atoms with van der Waals surface area (Å²) in [6.45, 7) is 4.60. The second-order valence-electron chi connectivity index (χ2n) is 8.92. The summed E-state index contributed by atoms with van der Waals surface area (Å²) in [6, 6.07) is 10.4. The molecule has 0 fully saturated rings.